The Balaban J connectivity index is 1.95. The number of ether oxygens (including phenoxy) is 3. The summed E-state index contributed by atoms with van der Waals surface area (Å²) in [7, 11) is 3.35. The lowest BCUT2D eigenvalue weighted by molar-refractivity contribution is 0.238. The lowest BCUT2D eigenvalue weighted by atomic mass is 9.79. The zero-order valence-corrected chi connectivity index (χ0v) is 18.4. The summed E-state index contributed by atoms with van der Waals surface area (Å²) in [6, 6.07) is 8.05. The Kier molecular flexibility index (Phi) is 5.74. The third kappa shape index (κ3) is 3.42. The number of nitriles is 1. The summed E-state index contributed by atoms with van der Waals surface area (Å²) in [6.45, 7) is 6.08. The van der Waals surface area contributed by atoms with E-state index < -0.39 is 5.92 Å². The van der Waals surface area contributed by atoms with Gasteiger partial charge in [0, 0.05) is 18.8 Å². The molecule has 2 aliphatic heterocycles. The van der Waals surface area contributed by atoms with Crippen molar-refractivity contribution >= 4 is 11.8 Å². The first-order chi connectivity index (χ1) is 15.5. The van der Waals surface area contributed by atoms with Gasteiger partial charge in [-0.15, -0.1) is 0 Å². The van der Waals surface area contributed by atoms with Crippen LogP contribution in [0.2, 0.25) is 0 Å². The number of aliphatic imine (C=N–C) groups is 1. The molecule has 0 spiro atoms. The molecule has 2 N–H and O–H groups in total. The molecule has 1 aromatic rings. The van der Waals surface area contributed by atoms with Crippen molar-refractivity contribution in [3.8, 4) is 11.8 Å². The van der Waals surface area contributed by atoms with E-state index in [1.54, 1.807) is 20.4 Å². The lowest BCUT2D eigenvalue weighted by Gasteiger charge is -2.35. The molecule has 162 valence electrons. The zero-order chi connectivity index (χ0) is 22.8. The van der Waals surface area contributed by atoms with Crippen LogP contribution in [-0.4, -0.2) is 20.4 Å². The van der Waals surface area contributed by atoms with Crippen LogP contribution in [0.4, 0.5) is 0 Å². The van der Waals surface area contributed by atoms with Gasteiger partial charge in [0.2, 0.25) is 5.88 Å². The van der Waals surface area contributed by atoms with Crippen molar-refractivity contribution in [3.05, 3.63) is 94.0 Å². The minimum Gasteiger partial charge on any atom is -0.496 e. The molecule has 1 aliphatic carbocycles. The van der Waals surface area contributed by atoms with Crippen LogP contribution in [0.1, 0.15) is 36.8 Å². The molecule has 4 rings (SSSR count). The fourth-order valence-corrected chi connectivity index (χ4v) is 4.29. The van der Waals surface area contributed by atoms with Crippen LogP contribution in [-0.2, 0) is 9.47 Å². The molecule has 1 atom stereocenters. The highest BCUT2D eigenvalue weighted by molar-refractivity contribution is 6.10. The number of rotatable bonds is 4. The van der Waals surface area contributed by atoms with E-state index in [4.69, 9.17) is 19.9 Å². The minimum absolute atomic E-state index is 0.0931. The van der Waals surface area contributed by atoms with Gasteiger partial charge in [0.05, 0.1) is 24.2 Å². The first-order valence-corrected chi connectivity index (χ1v) is 10.4. The fourth-order valence-electron chi connectivity index (χ4n) is 4.29. The Labute approximate surface area is 188 Å². The van der Waals surface area contributed by atoms with Crippen LogP contribution in [0.3, 0.4) is 0 Å². The maximum absolute atomic E-state index is 9.97. The number of methoxy groups -OCH3 is 1. The highest BCUT2D eigenvalue weighted by Crippen LogP contribution is 2.50. The molecule has 6 nitrogen and oxygen atoms in total. The molecule has 0 fully saturated rings. The van der Waals surface area contributed by atoms with Crippen LogP contribution in [0, 0.1) is 11.3 Å². The molecule has 0 aromatic heterocycles. The molecule has 32 heavy (non-hydrogen) atoms. The maximum atomic E-state index is 9.97. The van der Waals surface area contributed by atoms with Crippen molar-refractivity contribution in [1.29, 1.82) is 5.26 Å². The van der Waals surface area contributed by atoms with E-state index >= 15 is 0 Å². The van der Waals surface area contributed by atoms with Crippen molar-refractivity contribution in [2.75, 3.05) is 14.2 Å². The molecule has 0 amide bonds. The van der Waals surface area contributed by atoms with Crippen molar-refractivity contribution in [1.82, 2.24) is 0 Å². The number of hydrogen-bond acceptors (Lipinski definition) is 6. The highest BCUT2D eigenvalue weighted by atomic mass is 16.5. The summed E-state index contributed by atoms with van der Waals surface area (Å²) in [4.78, 5) is 4.16. The Morgan fingerprint density at radius 3 is 2.78 bits per heavy atom. The predicted octanol–water partition coefficient (Wildman–Crippen LogP) is 5.01. The third-order valence-electron chi connectivity index (χ3n) is 5.76. The standard InChI is InChI=1S/C26H25N3O3/c1-5-16(14-29-3)19-12-17(10-11-21(19)30-4)24-20(13-27)26(28)32-25-18-8-6-7-9-22(18)31-15(2)23(24)25/h5,8-12,14,24H,2,6-7,28H2,1,3-4H3/b16-5+,29-14?. The summed E-state index contributed by atoms with van der Waals surface area (Å²) in [6.07, 6.45) is 9.61. The van der Waals surface area contributed by atoms with E-state index in [1.165, 1.54) is 0 Å². The molecule has 0 radical (unpaired) electrons. The van der Waals surface area contributed by atoms with Crippen LogP contribution in [0.15, 0.2) is 87.9 Å². The normalized spacial score (nSPS) is 20.6. The van der Waals surface area contributed by atoms with Crippen LogP contribution >= 0.6 is 0 Å². The number of nitrogens with two attached hydrogens (primary N) is 1. The number of benzene rings is 1. The smallest absolute Gasteiger partial charge is 0.205 e. The van der Waals surface area contributed by atoms with E-state index in [0.29, 0.717) is 28.4 Å². The number of nitrogens with zero attached hydrogens (tertiary/aromatic N) is 2. The summed E-state index contributed by atoms with van der Waals surface area (Å²) < 4.78 is 17.6. The van der Waals surface area contributed by atoms with Crippen LogP contribution in [0.5, 0.6) is 5.75 Å². The fraction of sp³-hybridized carbons (Fsp3) is 0.231. The van der Waals surface area contributed by atoms with Crippen molar-refractivity contribution in [2.24, 2.45) is 10.7 Å². The molecular weight excluding hydrogens is 402 g/mol. The topological polar surface area (TPSA) is 89.9 Å². The van der Waals surface area contributed by atoms with E-state index in [-0.39, 0.29) is 5.88 Å². The second-order valence-electron chi connectivity index (χ2n) is 7.55. The SMILES string of the molecule is C=C1OC2=CCCC=C2C2=C1C(c1ccc(OC)c(/C(C=NC)=C/C)c1)C(C#N)=C(N)O2. The van der Waals surface area contributed by atoms with Crippen molar-refractivity contribution in [2.45, 2.75) is 25.7 Å². The highest BCUT2D eigenvalue weighted by Gasteiger charge is 2.40. The zero-order valence-electron chi connectivity index (χ0n) is 18.4. The first kappa shape index (κ1) is 21.3. The van der Waals surface area contributed by atoms with Gasteiger partial charge in [-0.3, -0.25) is 4.99 Å². The Bertz CT molecular complexity index is 1220. The average Bonchev–Trinajstić information content (AvgIpc) is 2.81. The van der Waals surface area contributed by atoms with Gasteiger partial charge >= 0.3 is 0 Å². The van der Waals surface area contributed by atoms with Gasteiger partial charge in [0.15, 0.2) is 0 Å². The summed E-state index contributed by atoms with van der Waals surface area (Å²) >= 11 is 0. The van der Waals surface area contributed by atoms with Crippen molar-refractivity contribution in [3.63, 3.8) is 0 Å². The second-order valence-corrected chi connectivity index (χ2v) is 7.55. The van der Waals surface area contributed by atoms with Crippen molar-refractivity contribution < 1.29 is 14.2 Å². The molecule has 0 bridgehead atoms. The van der Waals surface area contributed by atoms with Gasteiger partial charge in [-0.2, -0.15) is 5.26 Å². The van der Waals surface area contributed by atoms with Gasteiger partial charge in [-0.1, -0.05) is 24.8 Å². The summed E-state index contributed by atoms with van der Waals surface area (Å²) in [5.41, 5.74) is 10.8. The average molecular weight is 428 g/mol. The summed E-state index contributed by atoms with van der Waals surface area (Å²) in [5, 5.41) is 9.97. The quantitative estimate of drug-likeness (QED) is 0.682. The predicted molar refractivity (Wildman–Crippen MR) is 124 cm³/mol. The van der Waals surface area contributed by atoms with Gasteiger partial charge in [0.1, 0.15) is 34.7 Å². The first-order valence-electron chi connectivity index (χ1n) is 10.4. The van der Waals surface area contributed by atoms with E-state index in [2.05, 4.69) is 23.7 Å². The maximum Gasteiger partial charge on any atom is 0.205 e. The van der Waals surface area contributed by atoms with E-state index in [0.717, 1.165) is 40.9 Å². The Morgan fingerprint density at radius 1 is 1.31 bits per heavy atom. The molecule has 1 unspecified atom stereocenters. The Hall–Kier alpha value is -3.98. The van der Waals surface area contributed by atoms with Gasteiger partial charge in [-0.25, -0.2) is 0 Å². The molecular formula is C26H25N3O3. The number of allylic oxidation sites excluding steroid dienone is 6. The molecule has 0 saturated carbocycles. The third-order valence-corrected chi connectivity index (χ3v) is 5.76. The van der Waals surface area contributed by atoms with Gasteiger partial charge in [-0.05, 0) is 49.1 Å². The van der Waals surface area contributed by atoms with E-state index in [1.807, 2.05) is 37.3 Å². The number of fused-ring (bicyclic) bond motifs is 2. The monoisotopic (exact) mass is 427 g/mol. The van der Waals surface area contributed by atoms with E-state index in [9.17, 15) is 5.26 Å². The van der Waals surface area contributed by atoms with Crippen LogP contribution < -0.4 is 10.5 Å². The molecule has 3 aliphatic rings. The van der Waals surface area contributed by atoms with Gasteiger partial charge < -0.3 is 19.9 Å². The van der Waals surface area contributed by atoms with Crippen LogP contribution in [0.25, 0.3) is 5.57 Å². The number of hydrogen-bond donors (Lipinski definition) is 1. The summed E-state index contributed by atoms with van der Waals surface area (Å²) in [5.74, 6) is 2.09. The lowest BCUT2D eigenvalue weighted by Crippen LogP contribution is -2.26. The molecule has 6 heteroatoms. The molecule has 2 heterocycles. The Morgan fingerprint density at radius 2 is 2.09 bits per heavy atom. The molecule has 0 saturated heterocycles. The molecule has 1 aromatic carbocycles. The minimum atomic E-state index is -0.484. The second kappa shape index (κ2) is 8.64. The van der Waals surface area contributed by atoms with Gasteiger partial charge in [0.25, 0.3) is 0 Å². The largest absolute Gasteiger partial charge is 0.496 e.